The first-order valence-electron chi connectivity index (χ1n) is 6.71. The minimum absolute atomic E-state index is 0.953. The van der Waals surface area contributed by atoms with Gasteiger partial charge in [-0.1, -0.05) is 12.1 Å². The average Bonchev–Trinajstić information content (AvgIpc) is 2.34. The lowest BCUT2D eigenvalue weighted by Gasteiger charge is -2.10. The molecule has 0 aromatic heterocycles. The van der Waals surface area contributed by atoms with Crippen LogP contribution in [0.2, 0.25) is 0 Å². The van der Waals surface area contributed by atoms with Gasteiger partial charge in [0.2, 0.25) is 0 Å². The SMILES string of the molecule is Cc1cc(C)c(N=CNc2c(C)cc(C)cc2Br)c(Br)c1. The van der Waals surface area contributed by atoms with Crippen LogP contribution >= 0.6 is 31.9 Å². The first-order chi connectivity index (χ1) is 9.88. The Morgan fingerprint density at radius 2 is 1.43 bits per heavy atom. The van der Waals surface area contributed by atoms with E-state index in [9.17, 15) is 0 Å². The van der Waals surface area contributed by atoms with Crippen LogP contribution in [0, 0.1) is 27.7 Å². The largest absolute Gasteiger partial charge is 0.345 e. The Morgan fingerprint density at radius 1 is 0.857 bits per heavy atom. The molecule has 0 heterocycles. The molecule has 2 nitrogen and oxygen atoms in total. The Morgan fingerprint density at radius 3 is 2.00 bits per heavy atom. The van der Waals surface area contributed by atoms with E-state index in [4.69, 9.17) is 0 Å². The highest BCUT2D eigenvalue weighted by Crippen LogP contribution is 2.31. The lowest BCUT2D eigenvalue weighted by atomic mass is 10.1. The van der Waals surface area contributed by atoms with E-state index in [1.165, 1.54) is 16.7 Å². The molecule has 110 valence electrons. The Bertz CT molecular complexity index is 660. The number of anilines is 1. The average molecular weight is 410 g/mol. The standard InChI is InChI=1S/C17H18Br2N2/c1-10-5-12(3)16(14(18)7-10)20-9-21-17-13(4)6-11(2)8-15(17)19/h5-9H,1-4H3,(H,20,21). The highest BCUT2D eigenvalue weighted by Gasteiger charge is 2.05. The molecule has 2 rings (SSSR count). The number of aliphatic imine (C=N–C) groups is 1. The van der Waals surface area contributed by atoms with Gasteiger partial charge in [-0.05, 0) is 93.9 Å². The third kappa shape index (κ3) is 3.95. The number of halogens is 2. The molecule has 0 fully saturated rings. The van der Waals surface area contributed by atoms with Crippen molar-refractivity contribution in [1.29, 1.82) is 0 Å². The third-order valence-electron chi connectivity index (χ3n) is 3.23. The first kappa shape index (κ1) is 16.2. The number of hydrogen-bond donors (Lipinski definition) is 1. The molecule has 0 amide bonds. The molecular formula is C17H18Br2N2. The van der Waals surface area contributed by atoms with Gasteiger partial charge in [-0.2, -0.15) is 0 Å². The van der Waals surface area contributed by atoms with E-state index in [2.05, 4.69) is 94.1 Å². The van der Waals surface area contributed by atoms with Crippen molar-refractivity contribution in [2.24, 2.45) is 4.99 Å². The molecule has 0 unspecified atom stereocenters. The van der Waals surface area contributed by atoms with Crippen LogP contribution in [0.5, 0.6) is 0 Å². The van der Waals surface area contributed by atoms with Crippen LogP contribution in [0.1, 0.15) is 22.3 Å². The van der Waals surface area contributed by atoms with Gasteiger partial charge in [-0.3, -0.25) is 0 Å². The maximum Gasteiger partial charge on any atom is 0.0931 e. The molecule has 0 atom stereocenters. The minimum atomic E-state index is 0.953. The molecular weight excluding hydrogens is 392 g/mol. The summed E-state index contributed by atoms with van der Waals surface area (Å²) in [7, 11) is 0. The van der Waals surface area contributed by atoms with Crippen molar-refractivity contribution in [3.8, 4) is 0 Å². The Labute approximate surface area is 142 Å². The van der Waals surface area contributed by atoms with Crippen LogP contribution in [0.15, 0.2) is 38.2 Å². The highest BCUT2D eigenvalue weighted by atomic mass is 79.9. The van der Waals surface area contributed by atoms with E-state index < -0.39 is 0 Å². The van der Waals surface area contributed by atoms with Crippen molar-refractivity contribution < 1.29 is 0 Å². The molecule has 2 aromatic carbocycles. The van der Waals surface area contributed by atoms with Gasteiger partial charge < -0.3 is 5.32 Å². The molecule has 0 aliphatic carbocycles. The van der Waals surface area contributed by atoms with Crippen LogP contribution in [0.25, 0.3) is 0 Å². The maximum atomic E-state index is 4.54. The lowest BCUT2D eigenvalue weighted by Crippen LogP contribution is -1.99. The van der Waals surface area contributed by atoms with Crippen molar-refractivity contribution >= 4 is 49.6 Å². The molecule has 0 saturated carbocycles. The van der Waals surface area contributed by atoms with E-state index in [-0.39, 0.29) is 0 Å². The smallest absolute Gasteiger partial charge is 0.0931 e. The molecule has 1 N–H and O–H groups in total. The summed E-state index contributed by atoms with van der Waals surface area (Å²) < 4.78 is 2.06. The fourth-order valence-electron chi connectivity index (χ4n) is 2.33. The van der Waals surface area contributed by atoms with Crippen LogP contribution in [-0.2, 0) is 0 Å². The van der Waals surface area contributed by atoms with Gasteiger partial charge in [0, 0.05) is 8.95 Å². The molecule has 0 aliphatic rings. The van der Waals surface area contributed by atoms with Crippen molar-refractivity contribution in [1.82, 2.24) is 0 Å². The van der Waals surface area contributed by atoms with Crippen molar-refractivity contribution in [3.63, 3.8) is 0 Å². The first-order valence-corrected chi connectivity index (χ1v) is 8.29. The number of nitrogens with zero attached hydrogens (tertiary/aromatic N) is 1. The monoisotopic (exact) mass is 408 g/mol. The van der Waals surface area contributed by atoms with Gasteiger partial charge in [0.05, 0.1) is 17.7 Å². The number of rotatable bonds is 3. The number of aryl methyl sites for hydroxylation is 4. The van der Waals surface area contributed by atoms with Gasteiger partial charge in [0.25, 0.3) is 0 Å². The van der Waals surface area contributed by atoms with Gasteiger partial charge in [0.15, 0.2) is 0 Å². The topological polar surface area (TPSA) is 24.4 Å². The lowest BCUT2D eigenvalue weighted by molar-refractivity contribution is 1.32. The number of hydrogen-bond acceptors (Lipinski definition) is 1. The van der Waals surface area contributed by atoms with E-state index in [0.29, 0.717) is 0 Å². The van der Waals surface area contributed by atoms with Crippen molar-refractivity contribution in [2.75, 3.05) is 5.32 Å². The second-order valence-electron chi connectivity index (χ2n) is 5.25. The summed E-state index contributed by atoms with van der Waals surface area (Å²) in [6, 6.07) is 8.45. The fraction of sp³-hybridized carbons (Fsp3) is 0.235. The fourth-order valence-corrected chi connectivity index (χ4v) is 3.90. The molecule has 0 aliphatic heterocycles. The molecule has 0 radical (unpaired) electrons. The molecule has 0 bridgehead atoms. The summed E-state index contributed by atoms with van der Waals surface area (Å²) in [4.78, 5) is 4.54. The van der Waals surface area contributed by atoms with Gasteiger partial charge in [0.1, 0.15) is 0 Å². The van der Waals surface area contributed by atoms with E-state index in [1.54, 1.807) is 6.34 Å². The molecule has 0 saturated heterocycles. The zero-order valence-electron chi connectivity index (χ0n) is 12.6. The van der Waals surface area contributed by atoms with Gasteiger partial charge >= 0.3 is 0 Å². The summed E-state index contributed by atoms with van der Waals surface area (Å²) in [5.74, 6) is 0. The Balaban J connectivity index is 2.25. The summed E-state index contributed by atoms with van der Waals surface area (Å²) in [5, 5.41) is 3.27. The number of benzene rings is 2. The van der Waals surface area contributed by atoms with E-state index in [0.717, 1.165) is 25.9 Å². The minimum Gasteiger partial charge on any atom is -0.345 e. The second-order valence-corrected chi connectivity index (χ2v) is 6.96. The molecule has 2 aromatic rings. The highest BCUT2D eigenvalue weighted by molar-refractivity contribution is 9.11. The normalized spacial score (nSPS) is 11.1. The van der Waals surface area contributed by atoms with Gasteiger partial charge in [-0.15, -0.1) is 0 Å². The van der Waals surface area contributed by atoms with E-state index in [1.807, 2.05) is 0 Å². The van der Waals surface area contributed by atoms with Crippen LogP contribution in [0.4, 0.5) is 11.4 Å². The summed E-state index contributed by atoms with van der Waals surface area (Å²) in [6.45, 7) is 8.32. The van der Waals surface area contributed by atoms with Gasteiger partial charge in [-0.25, -0.2) is 4.99 Å². The quantitative estimate of drug-likeness (QED) is 0.472. The predicted octanol–water partition coefficient (Wildman–Crippen LogP) is 6.22. The second kappa shape index (κ2) is 6.75. The third-order valence-corrected chi connectivity index (χ3v) is 4.46. The van der Waals surface area contributed by atoms with Crippen molar-refractivity contribution in [3.05, 3.63) is 55.5 Å². The molecule has 0 spiro atoms. The number of nitrogens with one attached hydrogen (secondary N) is 1. The predicted molar refractivity (Wildman–Crippen MR) is 99.0 cm³/mol. The summed E-state index contributed by atoms with van der Waals surface area (Å²) >= 11 is 7.16. The zero-order valence-corrected chi connectivity index (χ0v) is 15.8. The summed E-state index contributed by atoms with van der Waals surface area (Å²) in [6.07, 6.45) is 1.74. The zero-order chi connectivity index (χ0) is 15.6. The summed E-state index contributed by atoms with van der Waals surface area (Å²) in [5.41, 5.74) is 6.80. The Hall–Kier alpha value is -1.13. The maximum absolute atomic E-state index is 4.54. The molecule has 21 heavy (non-hydrogen) atoms. The van der Waals surface area contributed by atoms with E-state index >= 15 is 0 Å². The van der Waals surface area contributed by atoms with Crippen LogP contribution < -0.4 is 5.32 Å². The van der Waals surface area contributed by atoms with Crippen LogP contribution in [-0.4, -0.2) is 6.34 Å². The Kier molecular flexibility index (Phi) is 5.22. The van der Waals surface area contributed by atoms with Crippen LogP contribution in [0.3, 0.4) is 0 Å². The van der Waals surface area contributed by atoms with Crippen molar-refractivity contribution in [2.45, 2.75) is 27.7 Å². The molecule has 4 heteroatoms.